The predicted octanol–water partition coefficient (Wildman–Crippen LogP) is 2.85. The number of fused-ring (bicyclic) bond motifs is 1. The molecule has 0 spiro atoms. The number of ether oxygens (including phenoxy) is 1. The Morgan fingerprint density at radius 3 is 2.56 bits per heavy atom. The second-order valence-corrected chi connectivity index (χ2v) is 11.4. The van der Waals surface area contributed by atoms with Crippen LogP contribution in [-0.2, 0) is 10.2 Å². The molecule has 2 amide bonds. The maximum absolute atomic E-state index is 12.4. The molecule has 3 heterocycles. The van der Waals surface area contributed by atoms with E-state index >= 15 is 0 Å². The minimum absolute atomic E-state index is 0.0576. The molecule has 39 heavy (non-hydrogen) atoms. The van der Waals surface area contributed by atoms with E-state index in [-0.39, 0.29) is 17.5 Å². The molecule has 1 aliphatic heterocycles. The van der Waals surface area contributed by atoms with E-state index < -0.39 is 24.5 Å². The number of hydrogen-bond acceptors (Lipinski definition) is 8. The summed E-state index contributed by atoms with van der Waals surface area (Å²) in [5.41, 5.74) is 8.60. The van der Waals surface area contributed by atoms with E-state index in [0.717, 1.165) is 5.69 Å². The molecule has 11 heteroatoms. The lowest BCUT2D eigenvalue weighted by atomic mass is 9.87. The molecular weight excluding hydrogens is 498 g/mol. The summed E-state index contributed by atoms with van der Waals surface area (Å²) in [6, 6.07) is 9.59. The highest BCUT2D eigenvalue weighted by Gasteiger charge is 2.44. The van der Waals surface area contributed by atoms with Gasteiger partial charge in [-0.25, -0.2) is 4.79 Å². The summed E-state index contributed by atoms with van der Waals surface area (Å²) in [4.78, 5) is 14.5. The average Bonchev–Trinajstić information content (AvgIpc) is 3.42. The zero-order valence-corrected chi connectivity index (χ0v) is 23.3. The van der Waals surface area contributed by atoms with Gasteiger partial charge in [-0.3, -0.25) is 4.90 Å². The first-order chi connectivity index (χ1) is 18.5. The number of nitrogens with one attached hydrogen (secondary N) is 2. The van der Waals surface area contributed by atoms with Crippen LogP contribution in [0.1, 0.15) is 52.8 Å². The van der Waals surface area contributed by atoms with Gasteiger partial charge in [-0.15, -0.1) is 5.10 Å². The fraction of sp³-hybridized carbons (Fsp3) is 0.536. The highest BCUT2D eigenvalue weighted by Crippen LogP contribution is 2.33. The fourth-order valence-corrected chi connectivity index (χ4v) is 4.85. The van der Waals surface area contributed by atoms with E-state index in [2.05, 4.69) is 60.3 Å². The van der Waals surface area contributed by atoms with Crippen LogP contribution in [0, 0.1) is 0 Å². The summed E-state index contributed by atoms with van der Waals surface area (Å²) in [5, 5.41) is 35.8. The Morgan fingerprint density at radius 2 is 1.90 bits per heavy atom. The molecular formula is C28H41N7O4. The molecule has 4 atom stereocenters. The van der Waals surface area contributed by atoms with Gasteiger partial charge < -0.3 is 35.9 Å². The first kappa shape index (κ1) is 28.8. The summed E-state index contributed by atoms with van der Waals surface area (Å²) in [6.07, 6.45) is 0.484. The van der Waals surface area contributed by atoms with Crippen LogP contribution in [0.2, 0.25) is 0 Å². The highest BCUT2D eigenvalue weighted by molar-refractivity contribution is 5.89. The summed E-state index contributed by atoms with van der Waals surface area (Å²) in [7, 11) is 0. The minimum atomic E-state index is -1.11. The molecule has 3 aromatic rings. The first-order valence-corrected chi connectivity index (χ1v) is 13.4. The van der Waals surface area contributed by atoms with Crippen LogP contribution in [0.25, 0.3) is 10.9 Å². The Bertz CT molecular complexity index is 1260. The molecule has 0 unspecified atom stereocenters. The van der Waals surface area contributed by atoms with Gasteiger partial charge in [-0.05, 0) is 49.4 Å². The van der Waals surface area contributed by atoms with Crippen molar-refractivity contribution >= 4 is 28.4 Å². The average molecular weight is 540 g/mol. The lowest BCUT2D eigenvalue weighted by molar-refractivity contribution is -0.0463. The molecule has 6 N–H and O–H groups in total. The minimum Gasteiger partial charge on any atom is -0.387 e. The number of nitrogens with two attached hydrogens (primary N) is 1. The molecule has 1 fully saturated rings. The van der Waals surface area contributed by atoms with E-state index in [4.69, 9.17) is 10.5 Å². The van der Waals surface area contributed by atoms with Crippen molar-refractivity contribution in [3.8, 4) is 0 Å². The predicted molar refractivity (Wildman–Crippen MR) is 151 cm³/mol. The van der Waals surface area contributed by atoms with E-state index in [1.165, 1.54) is 5.56 Å². The zero-order chi connectivity index (χ0) is 28.3. The summed E-state index contributed by atoms with van der Waals surface area (Å²) in [5.74, 6) is 0.294. The van der Waals surface area contributed by atoms with Crippen molar-refractivity contribution in [3.05, 3.63) is 48.3 Å². The molecule has 2 aromatic heterocycles. The van der Waals surface area contributed by atoms with Crippen molar-refractivity contribution in [2.45, 2.75) is 77.0 Å². The summed E-state index contributed by atoms with van der Waals surface area (Å²) >= 11 is 0. The second-order valence-electron chi connectivity index (χ2n) is 11.4. The largest absolute Gasteiger partial charge is 0.387 e. The molecule has 1 saturated heterocycles. The summed E-state index contributed by atoms with van der Waals surface area (Å²) < 4.78 is 7.88. The van der Waals surface area contributed by atoms with Gasteiger partial charge in [-0.2, -0.15) is 5.10 Å². The number of anilines is 2. The highest BCUT2D eigenvalue weighted by atomic mass is 16.6. The molecule has 0 bridgehead atoms. The Morgan fingerprint density at radius 1 is 1.18 bits per heavy atom. The van der Waals surface area contributed by atoms with Crippen LogP contribution >= 0.6 is 0 Å². The third-order valence-electron chi connectivity index (χ3n) is 7.25. The quantitative estimate of drug-likeness (QED) is 0.261. The number of benzene rings is 1. The molecule has 1 aliphatic rings. The maximum Gasteiger partial charge on any atom is 0.319 e. The van der Waals surface area contributed by atoms with Crippen LogP contribution in [0.5, 0.6) is 0 Å². The van der Waals surface area contributed by atoms with Gasteiger partial charge in [0.15, 0.2) is 12.0 Å². The van der Waals surface area contributed by atoms with Gasteiger partial charge in [0.05, 0.1) is 11.7 Å². The standard InChI is InChI=1S/C28H41N7O4/c1-17(2)34(13-6-12-30-27(38)32-19-9-7-18(8-10-19)28(3,4)5)16-22-23(36)24(37)26(39-22)35-14-11-20-21(35)15-31-33-25(20)29/h7-11,14-15,17,22-24,26,36-37H,6,12-13,16H2,1-5H3,(H2,29,33)(H2,30,32,38)/t22-,23-,24-,26-/m1/s1. The number of urea groups is 1. The van der Waals surface area contributed by atoms with E-state index in [0.29, 0.717) is 42.8 Å². The van der Waals surface area contributed by atoms with Gasteiger partial charge >= 0.3 is 6.03 Å². The van der Waals surface area contributed by atoms with Gasteiger partial charge in [0.2, 0.25) is 0 Å². The molecule has 0 radical (unpaired) electrons. The smallest absolute Gasteiger partial charge is 0.319 e. The fourth-order valence-electron chi connectivity index (χ4n) is 4.85. The topological polar surface area (TPSA) is 151 Å². The van der Waals surface area contributed by atoms with Gasteiger partial charge in [-0.1, -0.05) is 32.9 Å². The van der Waals surface area contributed by atoms with Gasteiger partial charge in [0.25, 0.3) is 0 Å². The third-order valence-corrected chi connectivity index (χ3v) is 7.25. The van der Waals surface area contributed by atoms with Crippen LogP contribution < -0.4 is 16.4 Å². The van der Waals surface area contributed by atoms with Gasteiger partial charge in [0, 0.05) is 42.9 Å². The van der Waals surface area contributed by atoms with Crippen LogP contribution in [0.3, 0.4) is 0 Å². The van der Waals surface area contributed by atoms with E-state index in [9.17, 15) is 15.0 Å². The van der Waals surface area contributed by atoms with E-state index in [1.807, 2.05) is 24.3 Å². The van der Waals surface area contributed by atoms with E-state index in [1.54, 1.807) is 23.0 Å². The number of aliphatic hydroxyl groups excluding tert-OH is 2. The number of hydrogen-bond donors (Lipinski definition) is 5. The summed E-state index contributed by atoms with van der Waals surface area (Å²) in [6.45, 7) is 12.2. The van der Waals surface area contributed by atoms with Crippen LogP contribution in [-0.4, -0.2) is 79.9 Å². The normalized spacial score (nSPS) is 21.7. The Kier molecular flexibility index (Phi) is 8.75. The molecule has 212 valence electrons. The second kappa shape index (κ2) is 11.9. The molecule has 4 rings (SSSR count). The van der Waals surface area contributed by atoms with Crippen LogP contribution in [0.15, 0.2) is 42.7 Å². The lowest BCUT2D eigenvalue weighted by Gasteiger charge is -2.30. The van der Waals surface area contributed by atoms with Crippen molar-refractivity contribution in [1.29, 1.82) is 0 Å². The Balaban J connectivity index is 1.27. The maximum atomic E-state index is 12.4. The van der Waals surface area contributed by atoms with Crippen molar-refractivity contribution in [2.24, 2.45) is 0 Å². The molecule has 11 nitrogen and oxygen atoms in total. The molecule has 0 aliphatic carbocycles. The number of aliphatic hydroxyl groups is 2. The number of aromatic nitrogens is 3. The number of nitrogen functional groups attached to an aromatic ring is 1. The number of carbonyl (C=O) groups excluding carboxylic acids is 1. The third kappa shape index (κ3) is 6.67. The SMILES string of the molecule is CC(C)N(CCCNC(=O)Nc1ccc(C(C)(C)C)cc1)C[C@H]1O[C@@H](n2ccc3c(N)nncc32)[C@H](O)[C@@H]1O. The first-order valence-electron chi connectivity index (χ1n) is 13.4. The number of carbonyl (C=O) groups is 1. The lowest BCUT2D eigenvalue weighted by Crippen LogP contribution is -2.44. The van der Waals surface area contributed by atoms with Crippen molar-refractivity contribution in [1.82, 2.24) is 25.0 Å². The monoisotopic (exact) mass is 539 g/mol. The Hall–Kier alpha value is -3.25. The number of nitrogens with zero attached hydrogens (tertiary/aromatic N) is 4. The molecule has 1 aromatic carbocycles. The number of amides is 2. The molecule has 0 saturated carbocycles. The van der Waals surface area contributed by atoms with Crippen molar-refractivity contribution < 1.29 is 19.7 Å². The van der Waals surface area contributed by atoms with Crippen molar-refractivity contribution in [2.75, 3.05) is 30.7 Å². The van der Waals surface area contributed by atoms with Crippen LogP contribution in [0.4, 0.5) is 16.3 Å². The number of rotatable bonds is 9. The zero-order valence-electron chi connectivity index (χ0n) is 23.3. The Labute approximate surface area is 229 Å². The van der Waals surface area contributed by atoms with Gasteiger partial charge in [0.1, 0.15) is 18.3 Å². The van der Waals surface area contributed by atoms with Crippen molar-refractivity contribution in [3.63, 3.8) is 0 Å².